The number of rotatable bonds is 4. The summed E-state index contributed by atoms with van der Waals surface area (Å²) in [6, 6.07) is 7.48. The van der Waals surface area contributed by atoms with Crippen LogP contribution in [0, 0.1) is 6.92 Å². The fourth-order valence-corrected chi connectivity index (χ4v) is 5.18. The summed E-state index contributed by atoms with van der Waals surface area (Å²) in [6.45, 7) is 1.81. The fourth-order valence-electron chi connectivity index (χ4n) is 3.79. The zero-order valence-corrected chi connectivity index (χ0v) is 17.7. The average molecular weight is 466 g/mol. The first-order valence-corrected chi connectivity index (χ1v) is 10.8. The number of ketones is 1. The molecule has 1 aliphatic rings. The molecule has 3 aromatic rings. The van der Waals surface area contributed by atoms with E-state index in [2.05, 4.69) is 0 Å². The maximum Gasteiger partial charge on any atom is 0.471 e. The first kappa shape index (κ1) is 21.9. The van der Waals surface area contributed by atoms with Crippen LogP contribution in [-0.2, 0) is 21.2 Å². The summed E-state index contributed by atoms with van der Waals surface area (Å²) in [5, 5.41) is 1.97. The molecule has 0 spiro atoms. The van der Waals surface area contributed by atoms with Gasteiger partial charge in [0.15, 0.2) is 5.78 Å². The highest BCUT2D eigenvalue weighted by molar-refractivity contribution is 7.90. The van der Waals surface area contributed by atoms with E-state index in [0.29, 0.717) is 5.56 Å². The van der Waals surface area contributed by atoms with Crippen molar-refractivity contribution in [2.75, 3.05) is 7.11 Å². The smallest absolute Gasteiger partial charge is 0.471 e. The molecule has 0 radical (unpaired) electrons. The van der Waals surface area contributed by atoms with Gasteiger partial charge >= 0.3 is 12.1 Å². The van der Waals surface area contributed by atoms with Crippen LogP contribution >= 0.6 is 0 Å². The molecule has 0 saturated heterocycles. The largest absolute Gasteiger partial charge is 0.496 e. The van der Waals surface area contributed by atoms with E-state index in [1.165, 1.54) is 37.6 Å². The second-order valence-electron chi connectivity index (χ2n) is 7.40. The molecule has 1 heterocycles. The number of hydrogen-bond donors (Lipinski definition) is 1. The fraction of sp³-hybridized carbons (Fsp3) is 0.238. The summed E-state index contributed by atoms with van der Waals surface area (Å²) in [5.74, 6) is -2.97. The average Bonchev–Trinajstić information content (AvgIpc) is 3.11. The predicted octanol–water partition coefficient (Wildman–Crippen LogP) is 2.98. The number of halogens is 3. The van der Waals surface area contributed by atoms with E-state index in [-0.39, 0.29) is 33.5 Å². The van der Waals surface area contributed by atoms with Gasteiger partial charge in [0.05, 0.1) is 29.1 Å². The number of nitrogens with one attached hydrogen (secondary N) is 1. The maximum absolute atomic E-state index is 13.3. The van der Waals surface area contributed by atoms with Crippen LogP contribution in [0.5, 0.6) is 5.75 Å². The van der Waals surface area contributed by atoms with Crippen molar-refractivity contribution < 1.29 is 35.9 Å². The van der Waals surface area contributed by atoms with Gasteiger partial charge in [0.1, 0.15) is 5.75 Å². The number of methoxy groups -OCH3 is 1. The van der Waals surface area contributed by atoms with Gasteiger partial charge in [-0.2, -0.15) is 13.2 Å². The van der Waals surface area contributed by atoms with Gasteiger partial charge in [-0.25, -0.2) is 12.4 Å². The van der Waals surface area contributed by atoms with Gasteiger partial charge in [-0.05, 0) is 36.8 Å². The number of aromatic nitrogens is 1. The minimum Gasteiger partial charge on any atom is -0.496 e. The normalized spacial score (nSPS) is 16.3. The van der Waals surface area contributed by atoms with Crippen LogP contribution in [0.15, 0.2) is 47.5 Å². The Balaban J connectivity index is 1.89. The van der Waals surface area contributed by atoms with E-state index in [4.69, 9.17) is 4.74 Å². The van der Waals surface area contributed by atoms with E-state index in [1.54, 1.807) is 17.4 Å². The molecule has 168 valence electrons. The Bertz CT molecular complexity index is 1360. The summed E-state index contributed by atoms with van der Waals surface area (Å²) in [4.78, 5) is 24.4. The molecular weight excluding hydrogens is 449 g/mol. The molecule has 32 heavy (non-hydrogen) atoms. The van der Waals surface area contributed by atoms with Crippen LogP contribution in [0.3, 0.4) is 0 Å². The number of Topliss-reactive ketones (excluding diaryl/α,β-unsaturated/α-hetero) is 1. The number of carbonyl (C=O) groups is 2. The van der Waals surface area contributed by atoms with Gasteiger partial charge in [-0.3, -0.25) is 9.59 Å². The van der Waals surface area contributed by atoms with E-state index in [0.717, 1.165) is 9.54 Å². The third-order valence-electron chi connectivity index (χ3n) is 5.32. The van der Waals surface area contributed by atoms with Crippen LogP contribution in [0.25, 0.3) is 10.9 Å². The number of hydrogen-bond acceptors (Lipinski definition) is 5. The minimum absolute atomic E-state index is 0.0106. The number of amides is 1. The van der Waals surface area contributed by atoms with Crippen molar-refractivity contribution in [2.24, 2.45) is 0 Å². The Kier molecular flexibility index (Phi) is 5.04. The van der Waals surface area contributed by atoms with Crippen molar-refractivity contribution in [1.82, 2.24) is 9.29 Å². The molecule has 1 N–H and O–H groups in total. The van der Waals surface area contributed by atoms with Gasteiger partial charge in [-0.1, -0.05) is 17.7 Å². The molecule has 7 nitrogen and oxygen atoms in total. The van der Waals surface area contributed by atoms with Crippen molar-refractivity contribution in [2.45, 2.75) is 30.5 Å². The van der Waals surface area contributed by atoms with Gasteiger partial charge in [-0.15, -0.1) is 0 Å². The second-order valence-corrected chi connectivity index (χ2v) is 9.21. The number of ether oxygens (including phenoxy) is 1. The Morgan fingerprint density at radius 2 is 1.81 bits per heavy atom. The van der Waals surface area contributed by atoms with Crippen LogP contribution in [0.4, 0.5) is 13.2 Å². The number of aryl methyl sites for hydroxylation is 1. The van der Waals surface area contributed by atoms with Crippen LogP contribution < -0.4 is 10.1 Å². The third-order valence-corrected chi connectivity index (χ3v) is 7.01. The first-order chi connectivity index (χ1) is 14.9. The summed E-state index contributed by atoms with van der Waals surface area (Å²) in [5.41, 5.74) is 1.28. The highest BCUT2D eigenvalue weighted by Gasteiger charge is 2.43. The minimum atomic E-state index is -5.17. The highest BCUT2D eigenvalue weighted by Crippen LogP contribution is 2.38. The topological polar surface area (TPSA) is 94.5 Å². The van der Waals surface area contributed by atoms with E-state index in [9.17, 15) is 31.2 Å². The van der Waals surface area contributed by atoms with Crippen LogP contribution in [0.1, 0.15) is 21.5 Å². The maximum atomic E-state index is 13.3. The van der Waals surface area contributed by atoms with Gasteiger partial charge in [0.2, 0.25) is 0 Å². The lowest BCUT2D eigenvalue weighted by Gasteiger charge is -2.24. The molecule has 0 fully saturated rings. The summed E-state index contributed by atoms with van der Waals surface area (Å²) >= 11 is 0. The zero-order chi connectivity index (χ0) is 23.4. The van der Waals surface area contributed by atoms with Gasteiger partial charge in [0.25, 0.3) is 10.0 Å². The number of carbonyl (C=O) groups excluding carboxylic acids is 2. The van der Waals surface area contributed by atoms with E-state index < -0.39 is 33.9 Å². The van der Waals surface area contributed by atoms with Gasteiger partial charge < -0.3 is 10.1 Å². The van der Waals surface area contributed by atoms with Gasteiger partial charge in [0, 0.05) is 18.0 Å². The van der Waals surface area contributed by atoms with Crippen molar-refractivity contribution in [1.29, 1.82) is 0 Å². The Labute approximate surface area is 180 Å². The lowest BCUT2D eigenvalue weighted by atomic mass is 9.87. The summed E-state index contributed by atoms with van der Waals surface area (Å²) in [7, 11) is -2.78. The van der Waals surface area contributed by atoms with Crippen LogP contribution in [-0.4, -0.2) is 43.4 Å². The molecule has 2 aromatic carbocycles. The second kappa shape index (κ2) is 7.37. The highest BCUT2D eigenvalue weighted by atomic mass is 32.2. The molecule has 1 atom stereocenters. The Morgan fingerprint density at radius 3 is 2.41 bits per heavy atom. The van der Waals surface area contributed by atoms with E-state index >= 15 is 0 Å². The molecule has 1 aliphatic carbocycles. The molecule has 0 aliphatic heterocycles. The lowest BCUT2D eigenvalue weighted by Crippen LogP contribution is -2.49. The molecule has 1 unspecified atom stereocenters. The summed E-state index contributed by atoms with van der Waals surface area (Å²) in [6.07, 6.45) is -4.20. The molecule has 0 saturated carbocycles. The van der Waals surface area contributed by atoms with Crippen LogP contribution in [0.2, 0.25) is 0 Å². The zero-order valence-electron chi connectivity index (χ0n) is 16.9. The van der Waals surface area contributed by atoms with E-state index in [1.807, 2.05) is 6.92 Å². The third kappa shape index (κ3) is 3.42. The molecule has 11 heteroatoms. The molecule has 4 rings (SSSR count). The number of nitrogens with zero attached hydrogens (tertiary/aromatic N) is 1. The molecule has 0 bridgehead atoms. The SMILES string of the molecule is COc1ccc2c3c(cn2S(=O)(=O)c2ccc(C)cc2)CC(NC(=O)C(F)(F)F)C(=O)c13. The van der Waals surface area contributed by atoms with Crippen molar-refractivity contribution >= 4 is 32.6 Å². The summed E-state index contributed by atoms with van der Waals surface area (Å²) < 4.78 is 71.0. The monoisotopic (exact) mass is 466 g/mol. The standard InChI is InChI=1S/C21H17F3N2O5S/c1-11-3-5-13(6-4-11)32(29,30)26-10-12-9-14(25-20(28)21(22,23)24)19(27)18-16(31-2)8-7-15(26)17(12)18/h3-8,10,14H,9H2,1-2H3,(H,25,28). The number of benzene rings is 2. The predicted molar refractivity (Wildman–Crippen MR) is 108 cm³/mol. The van der Waals surface area contributed by atoms with Crippen molar-refractivity contribution in [3.63, 3.8) is 0 Å². The first-order valence-electron chi connectivity index (χ1n) is 9.40. The molecule has 1 aromatic heterocycles. The molecule has 1 amide bonds. The lowest BCUT2D eigenvalue weighted by molar-refractivity contribution is -0.174. The Hall–Kier alpha value is -3.34. The quantitative estimate of drug-likeness (QED) is 0.638. The van der Waals surface area contributed by atoms with Crippen molar-refractivity contribution in [3.05, 3.63) is 59.3 Å². The number of alkyl halides is 3. The van der Waals surface area contributed by atoms with Crippen molar-refractivity contribution in [3.8, 4) is 5.75 Å². The molecular formula is C21H17F3N2O5S. The Morgan fingerprint density at radius 1 is 1.16 bits per heavy atom.